The van der Waals surface area contributed by atoms with Gasteiger partial charge in [-0.3, -0.25) is 0 Å². The molecule has 2 N–H and O–H groups in total. The third-order valence-corrected chi connectivity index (χ3v) is 4.05. The summed E-state index contributed by atoms with van der Waals surface area (Å²) >= 11 is 1.86. The molecule has 110 valence electrons. The van der Waals surface area contributed by atoms with Crippen molar-refractivity contribution < 1.29 is 14.7 Å². The number of amides is 2. The van der Waals surface area contributed by atoms with Crippen molar-refractivity contribution in [2.75, 3.05) is 25.1 Å². The van der Waals surface area contributed by atoms with E-state index in [1.165, 1.54) is 23.5 Å². The van der Waals surface area contributed by atoms with Crippen molar-refractivity contribution in [3.05, 3.63) is 0 Å². The van der Waals surface area contributed by atoms with Crippen LogP contribution in [0.5, 0.6) is 0 Å². The zero-order chi connectivity index (χ0) is 14.1. The number of nitrogens with one attached hydrogen (secondary N) is 1. The van der Waals surface area contributed by atoms with Gasteiger partial charge in [0, 0.05) is 13.1 Å². The van der Waals surface area contributed by atoms with E-state index in [9.17, 15) is 9.59 Å². The van der Waals surface area contributed by atoms with Crippen LogP contribution in [0, 0.1) is 0 Å². The van der Waals surface area contributed by atoms with Crippen LogP contribution in [0.2, 0.25) is 0 Å². The maximum atomic E-state index is 11.8. The molecule has 1 saturated heterocycles. The Bertz CT molecular complexity index is 300. The van der Waals surface area contributed by atoms with Gasteiger partial charge in [-0.05, 0) is 37.7 Å². The molecule has 0 bridgehead atoms. The lowest BCUT2D eigenvalue weighted by Gasteiger charge is -2.21. The van der Waals surface area contributed by atoms with Crippen molar-refractivity contribution >= 4 is 23.8 Å². The lowest BCUT2D eigenvalue weighted by atomic mass is 10.2. The number of nitrogens with zero attached hydrogens (tertiary/aromatic N) is 1. The smallest absolute Gasteiger partial charge is 0.326 e. The molecule has 0 radical (unpaired) electrons. The summed E-state index contributed by atoms with van der Waals surface area (Å²) in [6.45, 7) is 1.19. The largest absolute Gasteiger partial charge is 0.480 e. The fraction of sp³-hybridized carbons (Fsp3) is 0.846. The summed E-state index contributed by atoms with van der Waals surface area (Å²) in [5, 5.41) is 11.8. The first kappa shape index (κ1) is 16.1. The first-order valence-corrected chi connectivity index (χ1v) is 8.32. The monoisotopic (exact) mass is 288 g/mol. The molecule has 0 saturated carbocycles. The molecule has 5 nitrogen and oxygen atoms in total. The number of urea groups is 1. The number of hydrogen-bond donors (Lipinski definition) is 2. The molecule has 1 fully saturated rings. The van der Waals surface area contributed by atoms with Gasteiger partial charge in [-0.2, -0.15) is 11.8 Å². The Morgan fingerprint density at radius 3 is 2.74 bits per heavy atom. The fourth-order valence-electron chi connectivity index (χ4n) is 2.29. The first-order valence-electron chi connectivity index (χ1n) is 6.93. The Hall–Kier alpha value is -0.910. The summed E-state index contributed by atoms with van der Waals surface area (Å²) in [5.74, 6) is 0.296. The maximum absolute atomic E-state index is 11.8. The summed E-state index contributed by atoms with van der Waals surface area (Å²) in [5.41, 5.74) is 0. The summed E-state index contributed by atoms with van der Waals surface area (Å²) in [6.07, 6.45) is 7.95. The van der Waals surface area contributed by atoms with Gasteiger partial charge in [0.05, 0.1) is 0 Å². The summed E-state index contributed by atoms with van der Waals surface area (Å²) in [6, 6.07) is -0.865. The fourth-order valence-corrected chi connectivity index (χ4v) is 2.78. The quantitative estimate of drug-likeness (QED) is 0.672. The van der Waals surface area contributed by atoms with Crippen molar-refractivity contribution in [3.8, 4) is 0 Å². The van der Waals surface area contributed by atoms with Gasteiger partial charge in [0.1, 0.15) is 6.04 Å². The Labute approximate surface area is 119 Å². The minimum atomic E-state index is -0.898. The number of hydrogen-bond acceptors (Lipinski definition) is 3. The highest BCUT2D eigenvalue weighted by Gasteiger charge is 2.33. The zero-order valence-corrected chi connectivity index (χ0v) is 12.4. The van der Waals surface area contributed by atoms with Crippen LogP contribution < -0.4 is 5.32 Å². The number of carbonyl (C=O) groups excluding carboxylic acids is 1. The van der Waals surface area contributed by atoms with E-state index in [4.69, 9.17) is 5.11 Å². The minimum Gasteiger partial charge on any atom is -0.480 e. The van der Waals surface area contributed by atoms with Crippen LogP contribution in [0.15, 0.2) is 0 Å². The van der Waals surface area contributed by atoms with Crippen LogP contribution in [-0.2, 0) is 4.79 Å². The molecule has 1 heterocycles. The third kappa shape index (κ3) is 5.72. The van der Waals surface area contributed by atoms with Gasteiger partial charge < -0.3 is 15.3 Å². The van der Waals surface area contributed by atoms with Gasteiger partial charge in [0.15, 0.2) is 0 Å². The van der Waals surface area contributed by atoms with Crippen molar-refractivity contribution in [1.82, 2.24) is 10.2 Å². The number of thioether (sulfide) groups is 1. The van der Waals surface area contributed by atoms with Crippen LogP contribution in [0.3, 0.4) is 0 Å². The number of carbonyl (C=O) groups is 2. The van der Waals surface area contributed by atoms with Gasteiger partial charge in [-0.25, -0.2) is 9.59 Å². The third-order valence-electron chi connectivity index (χ3n) is 3.35. The van der Waals surface area contributed by atoms with E-state index in [1.807, 2.05) is 11.8 Å². The summed E-state index contributed by atoms with van der Waals surface area (Å²) in [4.78, 5) is 24.3. The Morgan fingerprint density at radius 1 is 1.32 bits per heavy atom. The van der Waals surface area contributed by atoms with Gasteiger partial charge in [0.2, 0.25) is 0 Å². The van der Waals surface area contributed by atoms with Gasteiger partial charge in [0.25, 0.3) is 0 Å². The number of likely N-dealkylation sites (tertiary alicyclic amines) is 1. The molecule has 0 spiro atoms. The molecule has 0 aromatic heterocycles. The second-order valence-corrected chi connectivity index (χ2v) is 5.81. The zero-order valence-electron chi connectivity index (χ0n) is 11.6. The van der Waals surface area contributed by atoms with Crippen LogP contribution in [0.4, 0.5) is 4.79 Å². The molecule has 1 rings (SSSR count). The van der Waals surface area contributed by atoms with Gasteiger partial charge >= 0.3 is 12.0 Å². The van der Waals surface area contributed by atoms with Crippen LogP contribution in [-0.4, -0.2) is 53.1 Å². The molecule has 6 heteroatoms. The second kappa shape index (κ2) is 9.07. The summed E-state index contributed by atoms with van der Waals surface area (Å²) in [7, 11) is 0. The maximum Gasteiger partial charge on any atom is 0.326 e. The van der Waals surface area contributed by atoms with Gasteiger partial charge in [-0.15, -0.1) is 0 Å². The molecule has 2 amide bonds. The predicted octanol–water partition coefficient (Wildman–Crippen LogP) is 2.17. The van der Waals surface area contributed by atoms with Crippen molar-refractivity contribution in [2.24, 2.45) is 0 Å². The van der Waals surface area contributed by atoms with Crippen LogP contribution >= 0.6 is 11.8 Å². The van der Waals surface area contributed by atoms with Crippen molar-refractivity contribution in [3.63, 3.8) is 0 Å². The Balaban J connectivity index is 2.12. The van der Waals surface area contributed by atoms with Crippen LogP contribution in [0.25, 0.3) is 0 Å². The molecule has 0 unspecified atom stereocenters. The molecule has 1 aliphatic rings. The molecule has 1 atom stereocenters. The normalized spacial score (nSPS) is 18.6. The van der Waals surface area contributed by atoms with Crippen molar-refractivity contribution in [1.29, 1.82) is 0 Å². The molecule has 0 aliphatic carbocycles. The molecule has 19 heavy (non-hydrogen) atoms. The van der Waals surface area contributed by atoms with E-state index in [1.54, 1.807) is 0 Å². The topological polar surface area (TPSA) is 69.6 Å². The highest BCUT2D eigenvalue weighted by Crippen LogP contribution is 2.17. The molecule has 1 aliphatic heterocycles. The number of carboxylic acid groups (broad SMARTS) is 1. The number of rotatable bonds is 8. The predicted molar refractivity (Wildman–Crippen MR) is 77.6 cm³/mol. The SMILES string of the molecule is CSCCCCCCNC(=O)N1CCC[C@@H]1C(=O)O. The van der Waals surface area contributed by atoms with E-state index < -0.39 is 12.0 Å². The molecule has 0 aromatic carbocycles. The van der Waals surface area contributed by atoms with E-state index in [0.717, 1.165) is 19.3 Å². The van der Waals surface area contributed by atoms with Crippen molar-refractivity contribution in [2.45, 2.75) is 44.6 Å². The lowest BCUT2D eigenvalue weighted by molar-refractivity contribution is -0.141. The number of unbranched alkanes of at least 4 members (excludes halogenated alkanes) is 3. The average Bonchev–Trinajstić information content (AvgIpc) is 2.87. The Kier molecular flexibility index (Phi) is 7.70. The van der Waals surface area contributed by atoms with Crippen LogP contribution in [0.1, 0.15) is 38.5 Å². The number of carboxylic acids is 1. The Morgan fingerprint density at radius 2 is 2.05 bits per heavy atom. The standard InChI is InChI=1S/C13H24N2O3S/c1-19-10-5-3-2-4-8-14-13(18)15-9-6-7-11(15)12(16)17/h11H,2-10H2,1H3,(H,14,18)(H,16,17)/t11-/m1/s1. The minimum absolute atomic E-state index is 0.228. The van der Waals surface area contributed by atoms with Gasteiger partial charge in [-0.1, -0.05) is 12.8 Å². The molecular formula is C13H24N2O3S. The van der Waals surface area contributed by atoms with E-state index >= 15 is 0 Å². The summed E-state index contributed by atoms with van der Waals surface area (Å²) < 4.78 is 0. The second-order valence-electron chi connectivity index (χ2n) is 4.83. The highest BCUT2D eigenvalue weighted by atomic mass is 32.2. The average molecular weight is 288 g/mol. The highest BCUT2D eigenvalue weighted by molar-refractivity contribution is 7.98. The first-order chi connectivity index (χ1) is 9.16. The van der Waals surface area contributed by atoms with E-state index in [2.05, 4.69) is 11.6 Å². The van der Waals surface area contributed by atoms with E-state index in [-0.39, 0.29) is 6.03 Å². The van der Waals surface area contributed by atoms with E-state index in [0.29, 0.717) is 19.5 Å². The molecular weight excluding hydrogens is 264 g/mol. The lowest BCUT2D eigenvalue weighted by Crippen LogP contribution is -2.46. The number of aliphatic carboxylic acids is 1. The molecule has 0 aromatic rings.